The fraction of sp³-hybridized carbons (Fsp3) is 0.0968. The van der Waals surface area contributed by atoms with E-state index in [1.165, 1.54) is 16.5 Å². The predicted octanol–water partition coefficient (Wildman–Crippen LogP) is 6.83. The number of hydrogen-bond acceptors (Lipinski definition) is 2. The van der Waals surface area contributed by atoms with Gasteiger partial charge < -0.3 is 10.0 Å². The molecule has 1 aliphatic rings. The third-order valence-electron chi connectivity index (χ3n) is 6.80. The average Bonchev–Trinajstić information content (AvgIpc) is 3.51. The molecule has 6 rings (SSSR count). The molecule has 0 aliphatic heterocycles. The Morgan fingerprint density at radius 3 is 1.45 bits per heavy atom. The zero-order valence-corrected chi connectivity index (χ0v) is 18.8. The highest BCUT2D eigenvalue weighted by Crippen LogP contribution is 2.59. The number of nitrogens with zero attached hydrogens (tertiary/aromatic N) is 1. The maximum atomic E-state index is 11.8. The summed E-state index contributed by atoms with van der Waals surface area (Å²) in [6.45, 7) is 0. The molecule has 0 saturated carbocycles. The molecule has 0 bridgehead atoms. The van der Waals surface area contributed by atoms with E-state index in [1.807, 2.05) is 14.1 Å². The summed E-state index contributed by atoms with van der Waals surface area (Å²) in [5, 5.41) is 16.5. The second-order valence-electron chi connectivity index (χ2n) is 8.99. The molecule has 0 unspecified atom stereocenters. The Morgan fingerprint density at radius 1 is 0.576 bits per heavy atom. The van der Waals surface area contributed by atoms with Gasteiger partial charge in [0, 0.05) is 30.9 Å². The van der Waals surface area contributed by atoms with Crippen LogP contribution in [0.3, 0.4) is 0 Å². The molecule has 1 aliphatic carbocycles. The van der Waals surface area contributed by atoms with Crippen LogP contribution in [0.25, 0.3) is 33.7 Å². The van der Waals surface area contributed by atoms with E-state index >= 15 is 0 Å². The normalized spacial score (nSPS) is 14.0. The quantitative estimate of drug-likeness (QED) is 0.251. The minimum Gasteiger partial charge on any atom is -0.378 e. The van der Waals surface area contributed by atoms with Gasteiger partial charge in [-0.05, 0) is 50.4 Å². The lowest BCUT2D eigenvalue weighted by Crippen LogP contribution is -2.08. The maximum absolute atomic E-state index is 11.8. The minimum atomic E-state index is -1.02. The van der Waals surface area contributed by atoms with Crippen molar-refractivity contribution in [2.75, 3.05) is 19.0 Å². The molecule has 2 nitrogen and oxygen atoms in total. The lowest BCUT2D eigenvalue weighted by molar-refractivity contribution is 0.178. The Balaban J connectivity index is 1.34. The summed E-state index contributed by atoms with van der Waals surface area (Å²) in [6.07, 6.45) is 4.24. The van der Waals surface area contributed by atoms with Gasteiger partial charge in [0.05, 0.1) is 0 Å². The van der Waals surface area contributed by atoms with E-state index in [-0.39, 0.29) is 0 Å². The first kappa shape index (κ1) is 19.8. The molecule has 5 aromatic carbocycles. The van der Waals surface area contributed by atoms with Crippen molar-refractivity contribution in [2.24, 2.45) is 0 Å². The van der Waals surface area contributed by atoms with Crippen LogP contribution in [-0.4, -0.2) is 19.2 Å². The third-order valence-corrected chi connectivity index (χ3v) is 6.80. The summed E-state index contributed by atoms with van der Waals surface area (Å²) in [5.74, 6) is 0. The lowest BCUT2D eigenvalue weighted by Gasteiger charge is -2.12. The fourth-order valence-corrected chi connectivity index (χ4v) is 5.00. The fourth-order valence-electron chi connectivity index (χ4n) is 5.00. The second kappa shape index (κ2) is 7.33. The largest absolute Gasteiger partial charge is 0.378 e. The number of anilines is 1. The van der Waals surface area contributed by atoms with Crippen molar-refractivity contribution >= 4 is 39.4 Å². The first-order valence-corrected chi connectivity index (χ1v) is 11.3. The van der Waals surface area contributed by atoms with E-state index < -0.39 is 5.60 Å². The maximum Gasteiger partial charge on any atom is 0.142 e. The standard InChI is InChI=1S/C31H25NO/c1-32(2)24-19-15-22(16-20-24)12-11-21-13-17-23(18-14-21)31(33)29-27-9-5-3-7-25(27)26-8-4-6-10-28(26)30(29)31/h3-20,33H,1-2H3/b12-11+. The molecule has 160 valence electrons. The zero-order valence-electron chi connectivity index (χ0n) is 18.8. The molecule has 0 fully saturated rings. The zero-order chi connectivity index (χ0) is 22.6. The average molecular weight is 428 g/mol. The van der Waals surface area contributed by atoms with Crippen LogP contribution in [0, 0.1) is 0 Å². The number of benzene rings is 5. The number of hydrogen-bond donors (Lipinski definition) is 1. The summed E-state index contributed by atoms with van der Waals surface area (Å²) in [4.78, 5) is 2.10. The molecular formula is C31H25NO. The first-order chi connectivity index (χ1) is 16.1. The molecule has 0 spiro atoms. The molecule has 0 radical (unpaired) electrons. The van der Waals surface area contributed by atoms with E-state index in [1.54, 1.807) is 0 Å². The highest BCUT2D eigenvalue weighted by atomic mass is 16.3. The van der Waals surface area contributed by atoms with Crippen LogP contribution in [-0.2, 0) is 5.60 Å². The first-order valence-electron chi connectivity index (χ1n) is 11.3. The summed E-state index contributed by atoms with van der Waals surface area (Å²) in [6, 6.07) is 33.5. The summed E-state index contributed by atoms with van der Waals surface area (Å²) in [7, 11) is 4.09. The number of fused-ring (bicyclic) bond motifs is 6. The van der Waals surface area contributed by atoms with Gasteiger partial charge in [-0.15, -0.1) is 0 Å². The van der Waals surface area contributed by atoms with Gasteiger partial charge in [0.15, 0.2) is 0 Å². The number of rotatable bonds is 4. The van der Waals surface area contributed by atoms with Crippen molar-refractivity contribution in [2.45, 2.75) is 5.60 Å². The van der Waals surface area contributed by atoms with Crippen LogP contribution in [0.2, 0.25) is 0 Å². The van der Waals surface area contributed by atoms with Gasteiger partial charge in [-0.2, -0.15) is 0 Å². The van der Waals surface area contributed by atoms with E-state index in [0.717, 1.165) is 38.6 Å². The Morgan fingerprint density at radius 2 is 1.00 bits per heavy atom. The van der Waals surface area contributed by atoms with E-state index in [2.05, 4.69) is 114 Å². The van der Waals surface area contributed by atoms with Crippen molar-refractivity contribution in [3.05, 3.63) is 125 Å². The van der Waals surface area contributed by atoms with Gasteiger partial charge in [0.25, 0.3) is 0 Å². The molecule has 33 heavy (non-hydrogen) atoms. The molecule has 0 aromatic heterocycles. The molecule has 0 saturated heterocycles. The van der Waals surface area contributed by atoms with Crippen molar-refractivity contribution in [3.8, 4) is 0 Å². The van der Waals surface area contributed by atoms with Crippen LogP contribution in [0.15, 0.2) is 97.1 Å². The van der Waals surface area contributed by atoms with E-state index in [9.17, 15) is 5.11 Å². The SMILES string of the molecule is CN(C)c1ccc(/C=C/c2ccc(C3(O)c4c3c3ccccc3c3ccccc43)cc2)cc1. The third kappa shape index (κ3) is 3.06. The van der Waals surface area contributed by atoms with Gasteiger partial charge in [0.1, 0.15) is 5.60 Å². The van der Waals surface area contributed by atoms with Gasteiger partial charge >= 0.3 is 0 Å². The van der Waals surface area contributed by atoms with Crippen LogP contribution < -0.4 is 4.90 Å². The molecular weight excluding hydrogens is 402 g/mol. The lowest BCUT2D eigenvalue weighted by atomic mass is 10.0. The summed E-state index contributed by atoms with van der Waals surface area (Å²) < 4.78 is 0. The van der Waals surface area contributed by atoms with Crippen molar-refractivity contribution in [1.29, 1.82) is 0 Å². The Kier molecular flexibility index (Phi) is 4.39. The van der Waals surface area contributed by atoms with E-state index in [0.29, 0.717) is 0 Å². The van der Waals surface area contributed by atoms with Gasteiger partial charge in [-0.3, -0.25) is 0 Å². The summed E-state index contributed by atoms with van der Waals surface area (Å²) >= 11 is 0. The van der Waals surface area contributed by atoms with Gasteiger partial charge in [0.2, 0.25) is 0 Å². The highest BCUT2D eigenvalue weighted by Gasteiger charge is 2.53. The molecule has 0 amide bonds. The second-order valence-corrected chi connectivity index (χ2v) is 8.99. The summed E-state index contributed by atoms with van der Waals surface area (Å²) in [5.41, 5.74) is 5.45. The van der Waals surface area contributed by atoms with Crippen molar-refractivity contribution in [3.63, 3.8) is 0 Å². The van der Waals surface area contributed by atoms with Crippen LogP contribution in [0.4, 0.5) is 5.69 Å². The van der Waals surface area contributed by atoms with Crippen LogP contribution in [0.5, 0.6) is 0 Å². The van der Waals surface area contributed by atoms with Gasteiger partial charge in [-0.1, -0.05) is 97.1 Å². The molecule has 5 aromatic rings. The Bertz CT molecular complexity index is 1460. The highest BCUT2D eigenvalue weighted by molar-refractivity contribution is 6.15. The Hall–Kier alpha value is -3.88. The smallest absolute Gasteiger partial charge is 0.142 e. The van der Waals surface area contributed by atoms with Crippen molar-refractivity contribution < 1.29 is 5.11 Å². The number of aliphatic hydroxyl groups is 1. The topological polar surface area (TPSA) is 23.5 Å². The van der Waals surface area contributed by atoms with Crippen LogP contribution >= 0.6 is 0 Å². The van der Waals surface area contributed by atoms with Crippen molar-refractivity contribution in [1.82, 2.24) is 0 Å². The monoisotopic (exact) mass is 427 g/mol. The minimum absolute atomic E-state index is 0.923. The van der Waals surface area contributed by atoms with E-state index in [4.69, 9.17) is 0 Å². The molecule has 0 heterocycles. The van der Waals surface area contributed by atoms with Gasteiger partial charge in [-0.25, -0.2) is 0 Å². The predicted molar refractivity (Wildman–Crippen MR) is 140 cm³/mol. The molecule has 0 atom stereocenters. The molecule has 2 heteroatoms. The van der Waals surface area contributed by atoms with Crippen LogP contribution in [0.1, 0.15) is 27.8 Å². The molecule has 1 N–H and O–H groups in total. The Labute approximate surface area is 194 Å².